The molecule has 5 heteroatoms. The first kappa shape index (κ1) is 20.2. The summed E-state index contributed by atoms with van der Waals surface area (Å²) in [7, 11) is 0. The Balaban J connectivity index is 1.80. The topological polar surface area (TPSA) is 30.8 Å². The molecule has 0 aliphatic heterocycles. The average molecular weight is 414 g/mol. The summed E-state index contributed by atoms with van der Waals surface area (Å²) in [6, 6.07) is 19.2. The van der Waals surface area contributed by atoms with Crippen LogP contribution < -0.4 is 9.47 Å². The zero-order valence-corrected chi connectivity index (χ0v) is 17.3. The van der Waals surface area contributed by atoms with Gasteiger partial charge in [0.2, 0.25) is 0 Å². The zero-order chi connectivity index (χ0) is 19.9. The van der Waals surface area contributed by atoms with E-state index in [1.54, 1.807) is 6.21 Å². The van der Waals surface area contributed by atoms with E-state index in [1.807, 2.05) is 74.5 Å². The van der Waals surface area contributed by atoms with E-state index in [1.165, 1.54) is 5.56 Å². The molecule has 0 aliphatic carbocycles. The van der Waals surface area contributed by atoms with Crippen LogP contribution in [0.1, 0.15) is 23.6 Å². The summed E-state index contributed by atoms with van der Waals surface area (Å²) in [4.78, 5) is 4.50. The van der Waals surface area contributed by atoms with Crippen molar-refractivity contribution in [1.29, 1.82) is 0 Å². The Morgan fingerprint density at radius 1 is 0.929 bits per heavy atom. The number of nitrogens with zero attached hydrogens (tertiary/aromatic N) is 1. The Morgan fingerprint density at radius 3 is 2.32 bits per heavy atom. The van der Waals surface area contributed by atoms with Gasteiger partial charge in [-0.05, 0) is 61.4 Å². The Morgan fingerprint density at radius 2 is 1.64 bits per heavy atom. The summed E-state index contributed by atoms with van der Waals surface area (Å²) in [5.74, 6) is 1.11. The largest absolute Gasteiger partial charge is 0.490 e. The fourth-order valence-corrected chi connectivity index (χ4v) is 2.98. The maximum absolute atomic E-state index is 6.48. The summed E-state index contributed by atoms with van der Waals surface area (Å²) >= 11 is 12.4. The van der Waals surface area contributed by atoms with Crippen molar-refractivity contribution >= 4 is 35.1 Å². The van der Waals surface area contributed by atoms with Crippen LogP contribution in [0.3, 0.4) is 0 Å². The minimum atomic E-state index is 0.369. The number of hydrogen-bond donors (Lipinski definition) is 0. The summed E-state index contributed by atoms with van der Waals surface area (Å²) in [6.07, 6.45) is 1.77. The molecule has 3 nitrogen and oxygen atoms in total. The van der Waals surface area contributed by atoms with E-state index in [0.717, 1.165) is 16.8 Å². The van der Waals surface area contributed by atoms with Crippen LogP contribution in [0.5, 0.6) is 11.5 Å². The molecule has 3 aromatic rings. The first-order valence-corrected chi connectivity index (χ1v) is 9.75. The van der Waals surface area contributed by atoms with Gasteiger partial charge in [-0.1, -0.05) is 53.0 Å². The third-order valence-electron chi connectivity index (χ3n) is 4.02. The molecule has 3 aromatic carbocycles. The molecular weight excluding hydrogens is 393 g/mol. The van der Waals surface area contributed by atoms with E-state index in [2.05, 4.69) is 4.99 Å². The predicted octanol–water partition coefficient (Wildman–Crippen LogP) is 7.03. The number of ether oxygens (including phenoxy) is 2. The SMILES string of the molecule is CCOc1cc(C=Nc2ccc(C)cc2)cc(Cl)c1OCc1ccc(Cl)cc1. The fraction of sp³-hybridized carbons (Fsp3) is 0.174. The van der Waals surface area contributed by atoms with Crippen LogP contribution in [-0.4, -0.2) is 12.8 Å². The second-order valence-electron chi connectivity index (χ2n) is 6.27. The van der Waals surface area contributed by atoms with E-state index in [9.17, 15) is 0 Å². The molecule has 28 heavy (non-hydrogen) atoms. The van der Waals surface area contributed by atoms with Crippen LogP contribution in [-0.2, 0) is 6.61 Å². The average Bonchev–Trinajstić information content (AvgIpc) is 2.68. The Labute approximate surface area is 175 Å². The van der Waals surface area contributed by atoms with Gasteiger partial charge in [-0.2, -0.15) is 0 Å². The van der Waals surface area contributed by atoms with Crippen molar-refractivity contribution in [2.75, 3.05) is 6.61 Å². The van der Waals surface area contributed by atoms with Gasteiger partial charge in [0.15, 0.2) is 11.5 Å². The van der Waals surface area contributed by atoms with Gasteiger partial charge < -0.3 is 9.47 Å². The Hall–Kier alpha value is -2.49. The van der Waals surface area contributed by atoms with Gasteiger partial charge in [0, 0.05) is 11.2 Å². The van der Waals surface area contributed by atoms with Crippen molar-refractivity contribution in [2.24, 2.45) is 4.99 Å². The summed E-state index contributed by atoms with van der Waals surface area (Å²) in [5.41, 5.74) is 3.91. The second kappa shape index (κ2) is 9.63. The Bertz CT molecular complexity index is 952. The standard InChI is InChI=1S/C23H21Cl2NO2/c1-3-27-22-13-18(14-26-20-10-4-16(2)5-11-20)12-21(25)23(22)28-15-17-6-8-19(24)9-7-17/h4-14H,3,15H2,1-2H3. The molecular formula is C23H21Cl2NO2. The van der Waals surface area contributed by atoms with Crippen molar-refractivity contribution < 1.29 is 9.47 Å². The van der Waals surface area contributed by atoms with E-state index < -0.39 is 0 Å². The minimum Gasteiger partial charge on any atom is -0.490 e. The molecule has 0 unspecified atom stereocenters. The van der Waals surface area contributed by atoms with E-state index in [0.29, 0.717) is 34.8 Å². The third-order valence-corrected chi connectivity index (χ3v) is 4.56. The van der Waals surface area contributed by atoms with Crippen molar-refractivity contribution in [1.82, 2.24) is 0 Å². The first-order chi connectivity index (χ1) is 13.5. The number of benzene rings is 3. The molecule has 0 heterocycles. The van der Waals surface area contributed by atoms with Crippen LogP contribution in [0.2, 0.25) is 10.0 Å². The fourth-order valence-electron chi connectivity index (χ4n) is 2.58. The number of rotatable bonds is 7. The van der Waals surface area contributed by atoms with E-state index >= 15 is 0 Å². The normalized spacial score (nSPS) is 11.0. The highest BCUT2D eigenvalue weighted by Crippen LogP contribution is 2.37. The van der Waals surface area contributed by atoms with Crippen molar-refractivity contribution in [3.8, 4) is 11.5 Å². The second-order valence-corrected chi connectivity index (χ2v) is 7.12. The number of aliphatic imine (C=N–C) groups is 1. The molecule has 0 saturated carbocycles. The predicted molar refractivity (Wildman–Crippen MR) is 117 cm³/mol. The summed E-state index contributed by atoms with van der Waals surface area (Å²) in [6.45, 7) is 4.84. The molecule has 144 valence electrons. The van der Waals surface area contributed by atoms with Crippen LogP contribution in [0.15, 0.2) is 65.7 Å². The lowest BCUT2D eigenvalue weighted by Gasteiger charge is -2.14. The molecule has 0 radical (unpaired) electrons. The van der Waals surface area contributed by atoms with Gasteiger partial charge >= 0.3 is 0 Å². The van der Waals surface area contributed by atoms with Crippen LogP contribution in [0.4, 0.5) is 5.69 Å². The van der Waals surface area contributed by atoms with E-state index in [4.69, 9.17) is 32.7 Å². The lowest BCUT2D eigenvalue weighted by Crippen LogP contribution is -2.01. The quantitative estimate of drug-likeness (QED) is 0.389. The van der Waals surface area contributed by atoms with Crippen LogP contribution >= 0.6 is 23.2 Å². The van der Waals surface area contributed by atoms with Crippen molar-refractivity contribution in [2.45, 2.75) is 20.5 Å². The molecule has 0 amide bonds. The molecule has 0 N–H and O–H groups in total. The van der Waals surface area contributed by atoms with Gasteiger partial charge in [0.25, 0.3) is 0 Å². The highest BCUT2D eigenvalue weighted by atomic mass is 35.5. The minimum absolute atomic E-state index is 0.369. The van der Waals surface area contributed by atoms with Crippen molar-refractivity contribution in [3.63, 3.8) is 0 Å². The van der Waals surface area contributed by atoms with Gasteiger partial charge in [-0.15, -0.1) is 0 Å². The molecule has 0 saturated heterocycles. The number of hydrogen-bond acceptors (Lipinski definition) is 3. The zero-order valence-electron chi connectivity index (χ0n) is 15.8. The van der Waals surface area contributed by atoms with Crippen molar-refractivity contribution in [3.05, 3.63) is 87.4 Å². The monoisotopic (exact) mass is 413 g/mol. The molecule has 0 atom stereocenters. The van der Waals surface area contributed by atoms with Gasteiger partial charge in [0.05, 0.1) is 17.3 Å². The molecule has 3 rings (SSSR count). The van der Waals surface area contributed by atoms with Crippen LogP contribution in [0.25, 0.3) is 0 Å². The maximum atomic E-state index is 6.48. The van der Waals surface area contributed by atoms with Gasteiger partial charge in [0.1, 0.15) is 6.61 Å². The highest BCUT2D eigenvalue weighted by Gasteiger charge is 2.12. The van der Waals surface area contributed by atoms with Gasteiger partial charge in [-0.25, -0.2) is 0 Å². The number of halogens is 2. The Kier molecular flexibility index (Phi) is 6.96. The van der Waals surface area contributed by atoms with Crippen LogP contribution in [0, 0.1) is 6.92 Å². The maximum Gasteiger partial charge on any atom is 0.180 e. The summed E-state index contributed by atoms with van der Waals surface area (Å²) < 4.78 is 11.7. The molecule has 0 aromatic heterocycles. The lowest BCUT2D eigenvalue weighted by atomic mass is 10.2. The highest BCUT2D eigenvalue weighted by molar-refractivity contribution is 6.32. The lowest BCUT2D eigenvalue weighted by molar-refractivity contribution is 0.269. The first-order valence-electron chi connectivity index (χ1n) is 8.99. The number of aryl methyl sites for hydroxylation is 1. The molecule has 0 bridgehead atoms. The third kappa shape index (κ3) is 5.51. The van der Waals surface area contributed by atoms with E-state index in [-0.39, 0.29) is 0 Å². The smallest absolute Gasteiger partial charge is 0.180 e. The molecule has 0 fully saturated rings. The summed E-state index contributed by atoms with van der Waals surface area (Å²) in [5, 5.41) is 1.17. The van der Waals surface area contributed by atoms with Gasteiger partial charge in [-0.3, -0.25) is 4.99 Å². The molecule has 0 spiro atoms. The molecule has 0 aliphatic rings.